The predicted molar refractivity (Wildman–Crippen MR) is 66.3 cm³/mol. The summed E-state index contributed by atoms with van der Waals surface area (Å²) in [4.78, 5) is 22.0. The van der Waals surface area contributed by atoms with E-state index in [4.69, 9.17) is 5.11 Å². The van der Waals surface area contributed by atoms with Gasteiger partial charge in [0.05, 0.1) is 11.9 Å². The van der Waals surface area contributed by atoms with Gasteiger partial charge in [-0.1, -0.05) is 20.8 Å². The highest BCUT2D eigenvalue weighted by molar-refractivity contribution is 5.88. The number of carboxylic acid groups (broad SMARTS) is 1. The molecule has 1 aromatic rings. The summed E-state index contributed by atoms with van der Waals surface area (Å²) in [5.41, 5.74) is 0.466. The molecule has 0 aliphatic carbocycles. The number of amides is 2. The molecule has 0 fully saturated rings. The first-order chi connectivity index (χ1) is 8.26. The normalized spacial score (nSPS) is 11.1. The number of carbonyl (C=O) groups excluding carboxylic acids is 1. The van der Waals surface area contributed by atoms with Gasteiger partial charge in [-0.2, -0.15) is 5.10 Å². The van der Waals surface area contributed by atoms with E-state index in [1.54, 1.807) is 0 Å². The van der Waals surface area contributed by atoms with Gasteiger partial charge < -0.3 is 15.7 Å². The highest BCUT2D eigenvalue weighted by Crippen LogP contribution is 2.10. The second-order valence-electron chi connectivity index (χ2n) is 5.19. The van der Waals surface area contributed by atoms with E-state index >= 15 is 0 Å². The molecular weight excluding hydrogens is 236 g/mol. The Morgan fingerprint density at radius 3 is 2.67 bits per heavy atom. The van der Waals surface area contributed by atoms with E-state index in [1.807, 2.05) is 20.8 Å². The standard InChI is InChI=1S/C11H18N4O3/c1-11(2,3)7-12-10(18)14-8-4-13-15(5-8)6-9(16)17/h4-5H,6-7H2,1-3H3,(H,16,17)(H2,12,14,18). The summed E-state index contributed by atoms with van der Waals surface area (Å²) in [6.45, 7) is 6.35. The molecule has 0 saturated carbocycles. The number of hydrogen-bond donors (Lipinski definition) is 3. The van der Waals surface area contributed by atoms with Crippen molar-refractivity contribution < 1.29 is 14.7 Å². The van der Waals surface area contributed by atoms with Crippen LogP contribution >= 0.6 is 0 Å². The molecule has 0 aliphatic heterocycles. The Balaban J connectivity index is 2.45. The number of aliphatic carboxylic acids is 1. The lowest BCUT2D eigenvalue weighted by molar-refractivity contribution is -0.137. The van der Waals surface area contributed by atoms with Crippen LogP contribution in [0.2, 0.25) is 0 Å². The molecule has 1 aromatic heterocycles. The number of carboxylic acids is 1. The van der Waals surface area contributed by atoms with Crippen LogP contribution in [-0.2, 0) is 11.3 Å². The summed E-state index contributed by atoms with van der Waals surface area (Å²) in [5, 5.41) is 17.7. The summed E-state index contributed by atoms with van der Waals surface area (Å²) in [7, 11) is 0. The molecule has 0 spiro atoms. The zero-order valence-corrected chi connectivity index (χ0v) is 10.7. The Morgan fingerprint density at radius 1 is 1.44 bits per heavy atom. The van der Waals surface area contributed by atoms with Gasteiger partial charge in [0.15, 0.2) is 0 Å². The molecule has 2 amide bonds. The molecular formula is C11H18N4O3. The number of carbonyl (C=O) groups is 2. The fourth-order valence-electron chi connectivity index (χ4n) is 1.17. The average Bonchev–Trinajstić information content (AvgIpc) is 2.60. The third-order valence-corrected chi connectivity index (χ3v) is 1.97. The third-order valence-electron chi connectivity index (χ3n) is 1.97. The van der Waals surface area contributed by atoms with Crippen LogP contribution in [0.3, 0.4) is 0 Å². The van der Waals surface area contributed by atoms with Crippen LogP contribution in [0.15, 0.2) is 12.4 Å². The average molecular weight is 254 g/mol. The Hall–Kier alpha value is -2.05. The molecule has 7 nitrogen and oxygen atoms in total. The highest BCUT2D eigenvalue weighted by Gasteiger charge is 2.12. The summed E-state index contributed by atoms with van der Waals surface area (Å²) in [6.07, 6.45) is 2.87. The van der Waals surface area contributed by atoms with Crippen LogP contribution in [0.4, 0.5) is 10.5 Å². The molecule has 0 bridgehead atoms. The summed E-state index contributed by atoms with van der Waals surface area (Å²) < 4.78 is 1.24. The molecule has 0 radical (unpaired) electrons. The van der Waals surface area contributed by atoms with Gasteiger partial charge in [-0.3, -0.25) is 9.48 Å². The predicted octanol–water partition coefficient (Wildman–Crippen LogP) is 1.14. The highest BCUT2D eigenvalue weighted by atomic mass is 16.4. The van der Waals surface area contributed by atoms with Gasteiger partial charge in [0.2, 0.25) is 0 Å². The number of nitrogens with one attached hydrogen (secondary N) is 2. The third kappa shape index (κ3) is 5.33. The van der Waals surface area contributed by atoms with Crippen LogP contribution in [0.1, 0.15) is 20.8 Å². The molecule has 0 aromatic carbocycles. The van der Waals surface area contributed by atoms with Gasteiger partial charge in [-0.25, -0.2) is 4.79 Å². The molecule has 3 N–H and O–H groups in total. The van der Waals surface area contributed by atoms with Crippen molar-refractivity contribution in [2.75, 3.05) is 11.9 Å². The van der Waals surface area contributed by atoms with Gasteiger partial charge in [0.25, 0.3) is 0 Å². The Bertz CT molecular complexity index is 434. The number of anilines is 1. The van der Waals surface area contributed by atoms with Crippen molar-refractivity contribution in [3.05, 3.63) is 12.4 Å². The molecule has 0 aliphatic rings. The Kier molecular flexibility index (Phi) is 4.30. The topological polar surface area (TPSA) is 96.3 Å². The molecule has 1 heterocycles. The van der Waals surface area contributed by atoms with Gasteiger partial charge in [-0.05, 0) is 5.41 Å². The molecule has 0 atom stereocenters. The van der Waals surface area contributed by atoms with E-state index in [9.17, 15) is 9.59 Å². The maximum absolute atomic E-state index is 11.5. The van der Waals surface area contributed by atoms with Crippen molar-refractivity contribution >= 4 is 17.7 Å². The number of aromatic nitrogens is 2. The molecule has 18 heavy (non-hydrogen) atoms. The summed E-state index contributed by atoms with van der Waals surface area (Å²) >= 11 is 0. The molecule has 0 unspecified atom stereocenters. The largest absolute Gasteiger partial charge is 0.480 e. The van der Waals surface area contributed by atoms with Crippen molar-refractivity contribution in [1.82, 2.24) is 15.1 Å². The van der Waals surface area contributed by atoms with Crippen molar-refractivity contribution in [3.8, 4) is 0 Å². The molecule has 1 rings (SSSR count). The number of rotatable bonds is 4. The Morgan fingerprint density at radius 2 is 2.11 bits per heavy atom. The van der Waals surface area contributed by atoms with E-state index in [-0.39, 0.29) is 18.0 Å². The zero-order valence-electron chi connectivity index (χ0n) is 10.7. The maximum Gasteiger partial charge on any atom is 0.325 e. The van der Waals surface area contributed by atoms with Crippen molar-refractivity contribution in [1.29, 1.82) is 0 Å². The lowest BCUT2D eigenvalue weighted by Crippen LogP contribution is -2.35. The van der Waals surface area contributed by atoms with Gasteiger partial charge in [0, 0.05) is 12.7 Å². The lowest BCUT2D eigenvalue weighted by atomic mass is 9.97. The fourth-order valence-corrected chi connectivity index (χ4v) is 1.17. The number of nitrogens with zero attached hydrogens (tertiary/aromatic N) is 2. The van der Waals surface area contributed by atoms with Crippen LogP contribution in [0.25, 0.3) is 0 Å². The maximum atomic E-state index is 11.5. The van der Waals surface area contributed by atoms with Crippen LogP contribution < -0.4 is 10.6 Å². The van der Waals surface area contributed by atoms with Crippen molar-refractivity contribution in [2.24, 2.45) is 5.41 Å². The first-order valence-corrected chi connectivity index (χ1v) is 5.55. The van der Waals surface area contributed by atoms with Crippen molar-refractivity contribution in [2.45, 2.75) is 27.3 Å². The van der Waals surface area contributed by atoms with Gasteiger partial charge >= 0.3 is 12.0 Å². The summed E-state index contributed by atoms with van der Waals surface area (Å²) in [6, 6.07) is -0.334. The molecule has 7 heteroatoms. The smallest absolute Gasteiger partial charge is 0.325 e. The lowest BCUT2D eigenvalue weighted by Gasteiger charge is -2.18. The van der Waals surface area contributed by atoms with Gasteiger partial charge in [0.1, 0.15) is 6.54 Å². The first-order valence-electron chi connectivity index (χ1n) is 5.55. The summed E-state index contributed by atoms with van der Waals surface area (Å²) in [5.74, 6) is -0.984. The zero-order chi connectivity index (χ0) is 13.8. The van der Waals surface area contributed by atoms with Crippen LogP contribution in [-0.4, -0.2) is 33.4 Å². The number of hydrogen-bond acceptors (Lipinski definition) is 3. The second-order valence-corrected chi connectivity index (χ2v) is 5.19. The second kappa shape index (κ2) is 5.52. The SMILES string of the molecule is CC(C)(C)CNC(=O)Nc1cnn(CC(=O)O)c1. The minimum absolute atomic E-state index is 0.00479. The van der Waals surface area contributed by atoms with E-state index in [2.05, 4.69) is 15.7 Å². The quantitative estimate of drug-likeness (QED) is 0.750. The van der Waals surface area contributed by atoms with E-state index < -0.39 is 5.97 Å². The molecule has 0 saturated heterocycles. The van der Waals surface area contributed by atoms with Crippen molar-refractivity contribution in [3.63, 3.8) is 0 Å². The Labute approximate surface area is 105 Å². The minimum atomic E-state index is -0.984. The van der Waals surface area contributed by atoms with Gasteiger partial charge in [-0.15, -0.1) is 0 Å². The van der Waals surface area contributed by atoms with Crippen LogP contribution in [0.5, 0.6) is 0 Å². The molecule has 100 valence electrons. The van der Waals surface area contributed by atoms with Crippen LogP contribution in [0, 0.1) is 5.41 Å². The monoisotopic (exact) mass is 254 g/mol. The first kappa shape index (κ1) is 14.0. The van der Waals surface area contributed by atoms with E-state index in [0.29, 0.717) is 12.2 Å². The fraction of sp³-hybridized carbons (Fsp3) is 0.545. The van der Waals surface area contributed by atoms with E-state index in [0.717, 1.165) is 0 Å². The minimum Gasteiger partial charge on any atom is -0.480 e. The van der Waals surface area contributed by atoms with E-state index in [1.165, 1.54) is 17.1 Å². The number of urea groups is 1.